The topological polar surface area (TPSA) is 48.5 Å². The molecule has 12 rings (SSSR count). The van der Waals surface area contributed by atoms with Gasteiger partial charge in [0, 0.05) is 43.8 Å². The van der Waals surface area contributed by atoms with Crippen LogP contribution < -0.4 is 0 Å². The third-order valence-electron chi connectivity index (χ3n) is 12.4. The van der Waals surface area contributed by atoms with Crippen LogP contribution in [0.4, 0.5) is 0 Å². The molecule has 0 saturated heterocycles. The minimum absolute atomic E-state index is 0.176. The molecule has 5 heteroatoms. The van der Waals surface area contributed by atoms with Gasteiger partial charge in [0.05, 0.1) is 22.1 Å². The van der Waals surface area contributed by atoms with Crippen molar-refractivity contribution in [3.8, 4) is 56.7 Å². The Hall–Kier alpha value is -7.63. The van der Waals surface area contributed by atoms with Crippen molar-refractivity contribution in [1.29, 1.82) is 0 Å². The van der Waals surface area contributed by atoms with Crippen molar-refractivity contribution in [2.24, 2.45) is 0 Å². The monoisotopic (exact) mass is 755 g/mol. The molecular formula is C54H37N5. The van der Waals surface area contributed by atoms with Gasteiger partial charge in [-0.1, -0.05) is 153 Å². The molecule has 1 aliphatic carbocycles. The van der Waals surface area contributed by atoms with Gasteiger partial charge in [0.15, 0.2) is 11.6 Å². The van der Waals surface area contributed by atoms with Crippen LogP contribution in [0.1, 0.15) is 25.0 Å². The van der Waals surface area contributed by atoms with Gasteiger partial charge in [0.1, 0.15) is 0 Å². The van der Waals surface area contributed by atoms with E-state index in [1.54, 1.807) is 0 Å². The van der Waals surface area contributed by atoms with Gasteiger partial charge >= 0.3 is 0 Å². The van der Waals surface area contributed by atoms with Crippen molar-refractivity contribution in [3.63, 3.8) is 0 Å². The van der Waals surface area contributed by atoms with E-state index >= 15 is 0 Å². The summed E-state index contributed by atoms with van der Waals surface area (Å²) in [6.07, 6.45) is 0. The molecule has 0 aliphatic heterocycles. The van der Waals surface area contributed by atoms with Crippen molar-refractivity contribution in [3.05, 3.63) is 199 Å². The molecule has 5 nitrogen and oxygen atoms in total. The van der Waals surface area contributed by atoms with Crippen LogP contribution in [0.2, 0.25) is 0 Å². The number of aromatic nitrogens is 5. The van der Waals surface area contributed by atoms with Crippen LogP contribution in [0.25, 0.3) is 100 Å². The van der Waals surface area contributed by atoms with E-state index in [4.69, 9.17) is 15.0 Å². The zero-order valence-electron chi connectivity index (χ0n) is 32.6. The van der Waals surface area contributed by atoms with E-state index in [1.165, 1.54) is 49.4 Å². The quantitative estimate of drug-likeness (QED) is 0.176. The Bertz CT molecular complexity index is 3390. The summed E-state index contributed by atoms with van der Waals surface area (Å²) in [6.45, 7) is 4.67. The van der Waals surface area contributed by atoms with E-state index < -0.39 is 0 Å². The molecule has 3 aromatic heterocycles. The average Bonchev–Trinajstić information content (AvgIpc) is 3.88. The first-order valence-corrected chi connectivity index (χ1v) is 20.2. The first-order chi connectivity index (χ1) is 29.0. The van der Waals surface area contributed by atoms with Crippen molar-refractivity contribution in [2.45, 2.75) is 19.3 Å². The number of benzene rings is 8. The summed E-state index contributed by atoms with van der Waals surface area (Å²) < 4.78 is 4.64. The lowest BCUT2D eigenvalue weighted by Gasteiger charge is -2.21. The minimum Gasteiger partial charge on any atom is -0.309 e. The third-order valence-corrected chi connectivity index (χ3v) is 12.4. The summed E-state index contributed by atoms with van der Waals surface area (Å²) >= 11 is 0. The molecule has 0 unspecified atom stereocenters. The second-order valence-electron chi connectivity index (χ2n) is 16.1. The van der Waals surface area contributed by atoms with Crippen LogP contribution in [0, 0.1) is 0 Å². The zero-order valence-corrected chi connectivity index (χ0v) is 32.6. The first-order valence-electron chi connectivity index (χ1n) is 20.2. The fourth-order valence-corrected chi connectivity index (χ4v) is 9.51. The lowest BCUT2D eigenvalue weighted by molar-refractivity contribution is 0.661. The molecule has 0 fully saturated rings. The van der Waals surface area contributed by atoms with E-state index in [2.05, 4.69) is 175 Å². The van der Waals surface area contributed by atoms with Crippen LogP contribution in [-0.4, -0.2) is 24.1 Å². The highest BCUT2D eigenvalue weighted by Crippen LogP contribution is 2.51. The summed E-state index contributed by atoms with van der Waals surface area (Å²) in [4.78, 5) is 15.6. The Balaban J connectivity index is 1.14. The Morgan fingerprint density at radius 1 is 0.356 bits per heavy atom. The minimum atomic E-state index is -0.176. The van der Waals surface area contributed by atoms with E-state index in [0.717, 1.165) is 44.4 Å². The van der Waals surface area contributed by atoms with Crippen LogP contribution in [-0.2, 0) is 5.41 Å². The Morgan fingerprint density at radius 3 is 1.66 bits per heavy atom. The number of rotatable bonds is 5. The second kappa shape index (κ2) is 12.7. The maximum absolute atomic E-state index is 5.29. The molecule has 11 aromatic rings. The largest absolute Gasteiger partial charge is 0.309 e. The highest BCUT2D eigenvalue weighted by atomic mass is 15.2. The van der Waals surface area contributed by atoms with Gasteiger partial charge in [0.25, 0.3) is 0 Å². The van der Waals surface area contributed by atoms with Gasteiger partial charge in [-0.15, -0.1) is 0 Å². The highest BCUT2D eigenvalue weighted by Gasteiger charge is 2.36. The molecular weight excluding hydrogens is 719 g/mol. The average molecular weight is 756 g/mol. The van der Waals surface area contributed by atoms with Gasteiger partial charge in [-0.3, -0.25) is 4.57 Å². The maximum Gasteiger partial charge on any atom is 0.238 e. The van der Waals surface area contributed by atoms with Crippen LogP contribution in [0.15, 0.2) is 188 Å². The lowest BCUT2D eigenvalue weighted by Crippen LogP contribution is -2.15. The van der Waals surface area contributed by atoms with Crippen molar-refractivity contribution < 1.29 is 0 Å². The van der Waals surface area contributed by atoms with Crippen molar-refractivity contribution >= 4 is 43.6 Å². The van der Waals surface area contributed by atoms with Crippen molar-refractivity contribution in [1.82, 2.24) is 24.1 Å². The smallest absolute Gasteiger partial charge is 0.238 e. The van der Waals surface area contributed by atoms with Crippen LogP contribution >= 0.6 is 0 Å². The zero-order chi connectivity index (χ0) is 39.2. The maximum atomic E-state index is 5.29. The molecule has 0 spiro atoms. The van der Waals surface area contributed by atoms with Gasteiger partial charge in [-0.2, -0.15) is 9.97 Å². The summed E-state index contributed by atoms with van der Waals surface area (Å²) in [7, 11) is 0. The molecule has 8 aromatic carbocycles. The number of hydrogen-bond acceptors (Lipinski definition) is 3. The fourth-order valence-electron chi connectivity index (χ4n) is 9.51. The number of hydrogen-bond donors (Lipinski definition) is 0. The van der Waals surface area contributed by atoms with Gasteiger partial charge in [-0.05, 0) is 81.9 Å². The van der Waals surface area contributed by atoms with Gasteiger partial charge in [0.2, 0.25) is 5.95 Å². The molecule has 0 bridgehead atoms. The molecule has 278 valence electrons. The van der Waals surface area contributed by atoms with Crippen LogP contribution in [0.5, 0.6) is 0 Å². The third kappa shape index (κ3) is 5.08. The second-order valence-corrected chi connectivity index (χ2v) is 16.1. The first kappa shape index (κ1) is 33.5. The molecule has 0 amide bonds. The van der Waals surface area contributed by atoms with Crippen molar-refractivity contribution in [2.75, 3.05) is 0 Å². The summed E-state index contributed by atoms with van der Waals surface area (Å²) in [6, 6.07) is 67.2. The van der Waals surface area contributed by atoms with Crippen LogP contribution in [0.3, 0.4) is 0 Å². The van der Waals surface area contributed by atoms with E-state index in [-0.39, 0.29) is 5.41 Å². The Labute approximate surface area is 341 Å². The Morgan fingerprint density at radius 2 is 0.915 bits per heavy atom. The number of para-hydroxylation sites is 2. The molecule has 0 N–H and O–H groups in total. The highest BCUT2D eigenvalue weighted by molar-refractivity contribution is 6.13. The molecule has 1 aliphatic rings. The van der Waals surface area contributed by atoms with E-state index in [1.807, 2.05) is 36.4 Å². The summed E-state index contributed by atoms with van der Waals surface area (Å²) in [5, 5.41) is 4.77. The summed E-state index contributed by atoms with van der Waals surface area (Å²) in [5.41, 5.74) is 14.9. The lowest BCUT2D eigenvalue weighted by atomic mass is 9.82. The van der Waals surface area contributed by atoms with E-state index in [9.17, 15) is 0 Å². The van der Waals surface area contributed by atoms with Gasteiger partial charge < -0.3 is 4.57 Å². The predicted octanol–water partition coefficient (Wildman–Crippen LogP) is 13.4. The fraction of sp³-hybridized carbons (Fsp3) is 0.0556. The molecule has 59 heavy (non-hydrogen) atoms. The molecule has 0 saturated carbocycles. The normalized spacial score (nSPS) is 13.1. The van der Waals surface area contributed by atoms with Gasteiger partial charge in [-0.25, -0.2) is 4.98 Å². The number of fused-ring (bicyclic) bond motifs is 9. The number of nitrogens with zero attached hydrogens (tertiary/aromatic N) is 5. The van der Waals surface area contributed by atoms with E-state index in [0.29, 0.717) is 17.6 Å². The Kier molecular flexibility index (Phi) is 7.20. The predicted molar refractivity (Wildman–Crippen MR) is 242 cm³/mol. The summed E-state index contributed by atoms with van der Waals surface area (Å²) in [5.74, 6) is 1.86. The molecule has 3 heterocycles. The molecule has 0 radical (unpaired) electrons. The SMILES string of the molecule is CC1(C)c2ccccc2-c2cc3c4ccc(-c5ccc6c(c5)c5ccccc5n6-c5ccccc5)cc4n(-c4nc(-c5ccccc5)nc(-c5ccccc5)n4)c3cc21. The molecule has 0 atom stereocenters. The standard InChI is InChI=1S/C54H37N5/c1-54(2)45-24-14-12-22-39(45)42-32-44-41-28-26-37(36-27-29-48-43(30-36)40-23-13-15-25-47(40)58(48)38-20-10-5-11-21-38)31-49(41)59(50(44)33-46(42)54)53-56-51(34-16-6-3-7-17-34)55-52(57-53)35-18-8-4-9-19-35/h3-33H,1-2H3.